The molecule has 0 aliphatic carbocycles. The van der Waals surface area contributed by atoms with E-state index in [-0.39, 0.29) is 22.8 Å². The van der Waals surface area contributed by atoms with Crippen LogP contribution in [0.3, 0.4) is 0 Å². The molecule has 0 aliphatic heterocycles. The maximum absolute atomic E-state index is 12.9. The predicted octanol–water partition coefficient (Wildman–Crippen LogP) is 2.88. The summed E-state index contributed by atoms with van der Waals surface area (Å²) in [6.45, 7) is 2.16. The second-order valence-corrected chi connectivity index (χ2v) is 9.08. The van der Waals surface area contributed by atoms with Gasteiger partial charge in [-0.15, -0.1) is 0 Å². The molecule has 0 fully saturated rings. The average Bonchev–Trinajstić information content (AvgIpc) is 3.20. The Hall–Kier alpha value is -2.95. The summed E-state index contributed by atoms with van der Waals surface area (Å²) >= 11 is 5.86. The molecule has 0 bridgehead atoms. The van der Waals surface area contributed by atoms with Crippen molar-refractivity contribution in [1.82, 2.24) is 20.2 Å². The van der Waals surface area contributed by atoms with Crippen LogP contribution in [-0.2, 0) is 23.0 Å². The van der Waals surface area contributed by atoms with Crippen LogP contribution in [0.4, 0.5) is 0 Å². The number of hydrogen-bond acceptors (Lipinski definition) is 7. The lowest BCUT2D eigenvalue weighted by molar-refractivity contribution is 0.0952. The van der Waals surface area contributed by atoms with E-state index in [1.807, 2.05) is 0 Å². The monoisotopic (exact) mass is 478 g/mol. The zero-order valence-electron chi connectivity index (χ0n) is 17.6. The molecule has 0 unspecified atom stereocenters. The van der Waals surface area contributed by atoms with Crippen LogP contribution in [0.5, 0.6) is 5.75 Å². The Bertz CT molecular complexity index is 1180. The molecule has 1 amide bonds. The number of nitrogens with zero attached hydrogens (tertiary/aromatic N) is 2. The van der Waals surface area contributed by atoms with E-state index in [0.29, 0.717) is 36.1 Å². The number of aryl methyl sites for hydroxylation is 2. The molecule has 11 heteroatoms. The molecule has 3 aromatic rings. The van der Waals surface area contributed by atoms with Crippen molar-refractivity contribution in [2.75, 3.05) is 13.7 Å². The largest absolute Gasteiger partial charge is 0.495 e. The fourth-order valence-electron chi connectivity index (χ4n) is 2.87. The quantitative estimate of drug-likeness (QED) is 0.429. The molecule has 2 aromatic carbocycles. The Morgan fingerprint density at radius 3 is 2.59 bits per heavy atom. The summed E-state index contributed by atoms with van der Waals surface area (Å²) in [7, 11) is -2.57. The van der Waals surface area contributed by atoms with Crippen molar-refractivity contribution in [3.05, 3.63) is 70.3 Å². The molecule has 2 N–H and O–H groups in total. The van der Waals surface area contributed by atoms with Gasteiger partial charge in [0.05, 0.1) is 7.11 Å². The molecule has 0 spiro atoms. The van der Waals surface area contributed by atoms with Crippen LogP contribution in [-0.4, -0.2) is 38.1 Å². The molecular weight excluding hydrogens is 456 g/mol. The first-order chi connectivity index (χ1) is 15.3. The SMILES string of the molecule is COc1ccc(C(=O)NCCCc2nc(C)no2)cc1S(=O)(=O)NCc1ccc(Cl)cc1. The van der Waals surface area contributed by atoms with E-state index in [1.54, 1.807) is 31.2 Å². The number of ether oxygens (including phenoxy) is 1. The first kappa shape index (κ1) is 23.7. The third-order valence-corrected chi connectivity index (χ3v) is 6.19. The molecule has 3 rings (SSSR count). The molecule has 170 valence electrons. The topological polar surface area (TPSA) is 123 Å². The standard InChI is InChI=1S/C21H23ClN4O5S/c1-14-25-20(31-26-14)4-3-11-23-21(27)16-7-10-18(30-2)19(12-16)32(28,29)24-13-15-5-8-17(22)9-6-15/h5-10,12,24H,3-4,11,13H2,1-2H3,(H,23,27). The summed E-state index contributed by atoms with van der Waals surface area (Å²) in [6, 6.07) is 11.1. The first-order valence-electron chi connectivity index (χ1n) is 9.78. The van der Waals surface area contributed by atoms with E-state index < -0.39 is 15.9 Å². The number of amides is 1. The summed E-state index contributed by atoms with van der Waals surface area (Å²) in [5.41, 5.74) is 0.939. The van der Waals surface area contributed by atoms with Gasteiger partial charge in [-0.3, -0.25) is 4.79 Å². The summed E-state index contributed by atoms with van der Waals surface area (Å²) in [5.74, 6) is 0.794. The third-order valence-electron chi connectivity index (χ3n) is 4.52. The van der Waals surface area contributed by atoms with Gasteiger partial charge in [-0.05, 0) is 49.2 Å². The van der Waals surface area contributed by atoms with E-state index in [4.69, 9.17) is 20.9 Å². The number of carbonyl (C=O) groups is 1. The Balaban J connectivity index is 1.65. The maximum atomic E-state index is 12.9. The Labute approximate surface area is 191 Å². The second kappa shape index (κ2) is 10.6. The van der Waals surface area contributed by atoms with E-state index in [1.165, 1.54) is 25.3 Å². The number of sulfonamides is 1. The summed E-state index contributed by atoms with van der Waals surface area (Å²) in [5, 5.41) is 7.03. The summed E-state index contributed by atoms with van der Waals surface area (Å²) in [6.07, 6.45) is 1.12. The predicted molar refractivity (Wildman–Crippen MR) is 118 cm³/mol. The zero-order valence-corrected chi connectivity index (χ0v) is 19.2. The molecule has 1 aromatic heterocycles. The zero-order chi connectivity index (χ0) is 23.1. The number of rotatable bonds is 10. The number of aromatic nitrogens is 2. The summed E-state index contributed by atoms with van der Waals surface area (Å²) < 4.78 is 38.5. The van der Waals surface area contributed by atoms with Crippen LogP contribution in [0.2, 0.25) is 5.02 Å². The fraction of sp³-hybridized carbons (Fsp3) is 0.286. The van der Waals surface area contributed by atoms with Gasteiger partial charge in [0.25, 0.3) is 5.91 Å². The van der Waals surface area contributed by atoms with Crippen LogP contribution in [0.1, 0.15) is 34.1 Å². The van der Waals surface area contributed by atoms with Gasteiger partial charge in [0.2, 0.25) is 15.9 Å². The number of carbonyl (C=O) groups excluding carboxylic acids is 1. The van der Waals surface area contributed by atoms with Gasteiger partial charge >= 0.3 is 0 Å². The molecular formula is C21H23ClN4O5S. The maximum Gasteiger partial charge on any atom is 0.251 e. The van der Waals surface area contributed by atoms with Crippen LogP contribution in [0, 0.1) is 6.92 Å². The molecule has 1 heterocycles. The number of nitrogens with one attached hydrogen (secondary N) is 2. The lowest BCUT2D eigenvalue weighted by atomic mass is 10.2. The van der Waals surface area contributed by atoms with Crippen molar-refractivity contribution in [2.24, 2.45) is 0 Å². The van der Waals surface area contributed by atoms with Crippen molar-refractivity contribution in [3.8, 4) is 5.75 Å². The average molecular weight is 479 g/mol. The fourth-order valence-corrected chi connectivity index (χ4v) is 4.21. The van der Waals surface area contributed by atoms with E-state index >= 15 is 0 Å². The number of benzene rings is 2. The molecule has 0 radical (unpaired) electrons. The van der Waals surface area contributed by atoms with Gasteiger partial charge in [0, 0.05) is 30.1 Å². The van der Waals surface area contributed by atoms with Crippen molar-refractivity contribution in [3.63, 3.8) is 0 Å². The van der Waals surface area contributed by atoms with E-state index in [0.717, 1.165) is 5.56 Å². The van der Waals surface area contributed by atoms with Crippen molar-refractivity contribution in [1.29, 1.82) is 0 Å². The minimum atomic E-state index is -3.94. The molecule has 0 atom stereocenters. The van der Waals surface area contributed by atoms with Gasteiger partial charge in [-0.1, -0.05) is 28.9 Å². The normalized spacial score (nSPS) is 11.3. The number of methoxy groups -OCH3 is 1. The van der Waals surface area contributed by atoms with Crippen molar-refractivity contribution >= 4 is 27.5 Å². The van der Waals surface area contributed by atoms with Gasteiger partial charge < -0.3 is 14.6 Å². The van der Waals surface area contributed by atoms with Crippen LogP contribution in [0.15, 0.2) is 51.9 Å². The van der Waals surface area contributed by atoms with Crippen LogP contribution >= 0.6 is 11.6 Å². The minimum absolute atomic E-state index is 0.0637. The van der Waals surface area contributed by atoms with Crippen molar-refractivity contribution in [2.45, 2.75) is 31.2 Å². The summed E-state index contributed by atoms with van der Waals surface area (Å²) in [4.78, 5) is 16.5. The third kappa shape index (κ3) is 6.28. The minimum Gasteiger partial charge on any atom is -0.495 e. The van der Waals surface area contributed by atoms with Gasteiger partial charge in [0.1, 0.15) is 10.6 Å². The molecule has 0 saturated carbocycles. The van der Waals surface area contributed by atoms with Gasteiger partial charge in [0.15, 0.2) is 5.82 Å². The van der Waals surface area contributed by atoms with Gasteiger partial charge in [-0.25, -0.2) is 13.1 Å². The highest BCUT2D eigenvalue weighted by atomic mass is 35.5. The highest BCUT2D eigenvalue weighted by Gasteiger charge is 2.21. The molecule has 0 saturated heterocycles. The highest BCUT2D eigenvalue weighted by molar-refractivity contribution is 7.89. The first-order valence-corrected chi connectivity index (χ1v) is 11.6. The Morgan fingerprint density at radius 2 is 1.94 bits per heavy atom. The molecule has 32 heavy (non-hydrogen) atoms. The van der Waals surface area contributed by atoms with Crippen LogP contribution in [0.25, 0.3) is 0 Å². The lowest BCUT2D eigenvalue weighted by Gasteiger charge is -2.13. The van der Waals surface area contributed by atoms with Gasteiger partial charge in [-0.2, -0.15) is 4.98 Å². The molecule has 9 nitrogen and oxygen atoms in total. The van der Waals surface area contributed by atoms with Crippen LogP contribution < -0.4 is 14.8 Å². The molecule has 0 aliphatic rings. The van der Waals surface area contributed by atoms with E-state index in [9.17, 15) is 13.2 Å². The lowest BCUT2D eigenvalue weighted by Crippen LogP contribution is -2.27. The number of halogens is 1. The van der Waals surface area contributed by atoms with Crippen molar-refractivity contribution < 1.29 is 22.5 Å². The Morgan fingerprint density at radius 1 is 1.19 bits per heavy atom. The smallest absolute Gasteiger partial charge is 0.251 e. The highest BCUT2D eigenvalue weighted by Crippen LogP contribution is 2.25. The van der Waals surface area contributed by atoms with E-state index in [2.05, 4.69) is 20.2 Å². The Kier molecular flexibility index (Phi) is 7.84. The second-order valence-electron chi connectivity index (χ2n) is 6.91. The number of hydrogen-bond donors (Lipinski definition) is 2.